The van der Waals surface area contributed by atoms with Crippen molar-refractivity contribution in [1.82, 2.24) is 4.72 Å². The van der Waals surface area contributed by atoms with Gasteiger partial charge in [-0.05, 0) is 0 Å². The third kappa shape index (κ3) is 3.47. The molecule has 6 nitrogen and oxygen atoms in total. The van der Waals surface area contributed by atoms with E-state index in [1.54, 1.807) is 0 Å². The molecule has 0 rings (SSSR count). The van der Waals surface area contributed by atoms with Crippen molar-refractivity contribution in [2.45, 2.75) is 11.6 Å². The Hall–Kier alpha value is -0.870. The van der Waals surface area contributed by atoms with Crippen molar-refractivity contribution in [3.8, 4) is 0 Å². The topological polar surface area (TPSA) is 104 Å². The highest BCUT2D eigenvalue weighted by atomic mass is 32.2. The van der Waals surface area contributed by atoms with Gasteiger partial charge in [0.2, 0.25) is 0 Å². The van der Waals surface area contributed by atoms with E-state index >= 15 is 0 Å². The van der Waals surface area contributed by atoms with Crippen molar-refractivity contribution >= 4 is 16.0 Å². The van der Waals surface area contributed by atoms with Gasteiger partial charge in [0.1, 0.15) is 0 Å². The number of hydrogen-bond donors (Lipinski definition) is 3. The second kappa shape index (κ2) is 4.11. The summed E-state index contributed by atoms with van der Waals surface area (Å²) in [4.78, 5) is 9.90. The molecule has 0 aromatic rings. The first-order chi connectivity index (χ1) is 6.08. The first-order valence-corrected chi connectivity index (χ1v) is 4.53. The summed E-state index contributed by atoms with van der Waals surface area (Å²) in [6.07, 6.45) is -2.22. The summed E-state index contributed by atoms with van der Waals surface area (Å²) >= 11 is 0. The van der Waals surface area contributed by atoms with Crippen LogP contribution in [-0.4, -0.2) is 42.8 Å². The molecule has 10 heteroatoms. The average Bonchev–Trinajstić information content (AvgIpc) is 1.97. The van der Waals surface area contributed by atoms with Gasteiger partial charge in [-0.2, -0.15) is 13.2 Å². The summed E-state index contributed by atoms with van der Waals surface area (Å²) in [6, 6.07) is 0. The van der Waals surface area contributed by atoms with Crippen LogP contribution in [0.2, 0.25) is 0 Å². The lowest BCUT2D eigenvalue weighted by molar-refractivity contribution is -0.146. The zero-order valence-electron chi connectivity index (χ0n) is 6.45. The fraction of sp³-hybridized carbons (Fsp3) is 0.750. The van der Waals surface area contributed by atoms with E-state index in [4.69, 9.17) is 10.2 Å². The van der Waals surface area contributed by atoms with Crippen LogP contribution in [-0.2, 0) is 14.8 Å². The lowest BCUT2D eigenvalue weighted by Gasteiger charge is -2.10. The number of carbonyl (C=O) groups is 1. The minimum absolute atomic E-state index is 0.896. The standard InChI is InChI=1S/C4H6F3NO5S/c5-4(6,7)14(12,13)8-1-2(9)3(10)11/h2,8-9H,1H2,(H,10,11)/t2-/m0/s1. The molecule has 1 atom stereocenters. The second-order valence-electron chi connectivity index (χ2n) is 2.15. The fourth-order valence-corrected chi connectivity index (χ4v) is 0.899. The molecule has 0 aromatic carbocycles. The van der Waals surface area contributed by atoms with Gasteiger partial charge in [-0.25, -0.2) is 17.9 Å². The Bertz CT molecular complexity index is 309. The predicted molar refractivity (Wildman–Crippen MR) is 36.6 cm³/mol. The van der Waals surface area contributed by atoms with E-state index in [1.807, 2.05) is 0 Å². The van der Waals surface area contributed by atoms with Crippen LogP contribution in [0.1, 0.15) is 0 Å². The van der Waals surface area contributed by atoms with E-state index in [2.05, 4.69) is 0 Å². The largest absolute Gasteiger partial charge is 0.511 e. The molecule has 0 aromatic heterocycles. The van der Waals surface area contributed by atoms with Crippen molar-refractivity contribution in [2.75, 3.05) is 6.54 Å². The first kappa shape index (κ1) is 13.1. The van der Waals surface area contributed by atoms with Crippen LogP contribution in [0.25, 0.3) is 0 Å². The molecule has 0 fully saturated rings. The highest BCUT2D eigenvalue weighted by Crippen LogP contribution is 2.21. The summed E-state index contributed by atoms with van der Waals surface area (Å²) in [5, 5.41) is 16.5. The van der Waals surface area contributed by atoms with Crippen LogP contribution >= 0.6 is 0 Å². The molecule has 0 heterocycles. The molecule has 0 unspecified atom stereocenters. The Morgan fingerprint density at radius 1 is 1.43 bits per heavy atom. The Morgan fingerprint density at radius 3 is 2.14 bits per heavy atom. The number of aliphatic hydroxyl groups excluding tert-OH is 1. The number of aliphatic hydroxyl groups is 1. The Labute approximate surface area is 76.4 Å². The number of halogens is 3. The van der Waals surface area contributed by atoms with Crippen LogP contribution in [0, 0.1) is 0 Å². The number of alkyl halides is 3. The molecule has 0 saturated carbocycles. The Balaban J connectivity index is 4.36. The summed E-state index contributed by atoms with van der Waals surface area (Å²) in [5.74, 6) is -1.82. The number of hydrogen-bond acceptors (Lipinski definition) is 4. The van der Waals surface area contributed by atoms with E-state index in [0.29, 0.717) is 0 Å². The monoisotopic (exact) mass is 237 g/mol. The van der Waals surface area contributed by atoms with Crippen molar-refractivity contribution in [3.63, 3.8) is 0 Å². The molecule has 0 spiro atoms. The molecule has 0 radical (unpaired) electrons. The minimum atomic E-state index is -5.60. The molecule has 0 aliphatic carbocycles. The van der Waals surface area contributed by atoms with Gasteiger partial charge >= 0.3 is 21.5 Å². The van der Waals surface area contributed by atoms with Crippen LogP contribution < -0.4 is 4.72 Å². The number of nitrogens with one attached hydrogen (secondary N) is 1. The summed E-state index contributed by atoms with van der Waals surface area (Å²) < 4.78 is 56.2. The van der Waals surface area contributed by atoms with Crippen molar-refractivity contribution < 1.29 is 36.6 Å². The van der Waals surface area contributed by atoms with Crippen LogP contribution in [0.3, 0.4) is 0 Å². The molecule has 0 aliphatic rings. The van der Waals surface area contributed by atoms with E-state index in [1.165, 1.54) is 0 Å². The molecule has 0 aliphatic heterocycles. The predicted octanol–water partition coefficient (Wildman–Crippen LogP) is -1.13. The lowest BCUT2D eigenvalue weighted by Crippen LogP contribution is -2.42. The minimum Gasteiger partial charge on any atom is -0.479 e. The molecular weight excluding hydrogens is 231 g/mol. The number of carboxylic acids is 1. The molecule has 0 bridgehead atoms. The zero-order valence-corrected chi connectivity index (χ0v) is 7.26. The van der Waals surface area contributed by atoms with Gasteiger partial charge in [0, 0.05) is 6.54 Å². The summed E-state index contributed by atoms with van der Waals surface area (Å²) in [7, 11) is -5.60. The maximum absolute atomic E-state index is 11.6. The van der Waals surface area contributed by atoms with Gasteiger partial charge < -0.3 is 10.2 Å². The Morgan fingerprint density at radius 2 is 1.86 bits per heavy atom. The van der Waals surface area contributed by atoms with Gasteiger partial charge in [-0.15, -0.1) is 0 Å². The molecule has 0 saturated heterocycles. The number of sulfonamides is 1. The molecule has 3 N–H and O–H groups in total. The Kier molecular flexibility index (Phi) is 3.85. The third-order valence-electron chi connectivity index (χ3n) is 1.06. The van der Waals surface area contributed by atoms with Gasteiger partial charge in [0.25, 0.3) is 0 Å². The number of aliphatic carboxylic acids is 1. The molecule has 14 heavy (non-hydrogen) atoms. The van der Waals surface area contributed by atoms with E-state index in [-0.39, 0.29) is 0 Å². The van der Waals surface area contributed by atoms with E-state index < -0.39 is 34.1 Å². The van der Waals surface area contributed by atoms with Crippen molar-refractivity contribution in [2.24, 2.45) is 0 Å². The molecule has 0 amide bonds. The van der Waals surface area contributed by atoms with Gasteiger partial charge in [0.15, 0.2) is 6.10 Å². The van der Waals surface area contributed by atoms with Crippen LogP contribution in [0.4, 0.5) is 13.2 Å². The highest BCUT2D eigenvalue weighted by Gasteiger charge is 2.45. The van der Waals surface area contributed by atoms with Crippen molar-refractivity contribution in [3.05, 3.63) is 0 Å². The van der Waals surface area contributed by atoms with Gasteiger partial charge in [-0.3, -0.25) is 0 Å². The number of carboxylic acid groups (broad SMARTS) is 1. The van der Waals surface area contributed by atoms with E-state index in [0.717, 1.165) is 4.72 Å². The van der Waals surface area contributed by atoms with Gasteiger partial charge in [0.05, 0.1) is 0 Å². The van der Waals surface area contributed by atoms with E-state index in [9.17, 15) is 26.4 Å². The summed E-state index contributed by atoms with van der Waals surface area (Å²) in [6.45, 7) is -1.24. The maximum atomic E-state index is 11.6. The SMILES string of the molecule is O=C(O)[C@@H](O)CNS(=O)(=O)C(F)(F)F. The smallest absolute Gasteiger partial charge is 0.479 e. The molecular formula is C4H6F3NO5S. The number of rotatable bonds is 4. The lowest BCUT2D eigenvalue weighted by atomic mass is 10.4. The van der Waals surface area contributed by atoms with Crippen LogP contribution in [0.15, 0.2) is 0 Å². The third-order valence-corrected chi connectivity index (χ3v) is 2.21. The van der Waals surface area contributed by atoms with Crippen molar-refractivity contribution in [1.29, 1.82) is 0 Å². The second-order valence-corrected chi connectivity index (χ2v) is 3.91. The average molecular weight is 237 g/mol. The first-order valence-electron chi connectivity index (χ1n) is 3.04. The molecule has 84 valence electrons. The van der Waals surface area contributed by atoms with Crippen LogP contribution in [0.5, 0.6) is 0 Å². The quantitative estimate of drug-likeness (QED) is 0.574. The fourth-order valence-electron chi connectivity index (χ4n) is 0.358. The highest BCUT2D eigenvalue weighted by molar-refractivity contribution is 7.90. The maximum Gasteiger partial charge on any atom is 0.511 e. The zero-order chi connectivity index (χ0) is 11.6. The van der Waals surface area contributed by atoms with Gasteiger partial charge in [-0.1, -0.05) is 0 Å². The normalized spacial score (nSPS) is 15.1. The summed E-state index contributed by atoms with van der Waals surface area (Å²) in [5.41, 5.74) is -5.52.